The number of aryl methyl sites for hydroxylation is 1. The molecule has 13 heavy (non-hydrogen) atoms. The molecule has 1 saturated carbocycles. The lowest BCUT2D eigenvalue weighted by Gasteiger charge is -2.00. The van der Waals surface area contributed by atoms with Gasteiger partial charge in [0.2, 0.25) is 5.82 Å². The summed E-state index contributed by atoms with van der Waals surface area (Å²) in [5.41, 5.74) is 0. The molecule has 1 aromatic rings. The molecular weight excluding hydrogens is 170 g/mol. The van der Waals surface area contributed by atoms with Crippen LogP contribution >= 0.6 is 0 Å². The Morgan fingerprint density at radius 3 is 3.08 bits per heavy atom. The van der Waals surface area contributed by atoms with Crippen LogP contribution in [0.4, 0.5) is 0 Å². The van der Waals surface area contributed by atoms with E-state index in [1.807, 2.05) is 0 Å². The minimum Gasteiger partial charge on any atom is -0.475 e. The van der Waals surface area contributed by atoms with E-state index in [1.54, 1.807) is 0 Å². The first kappa shape index (κ1) is 8.22. The molecule has 1 aliphatic carbocycles. The Labute approximate surface area is 75.4 Å². The molecule has 0 aromatic carbocycles. The third-order valence-electron chi connectivity index (χ3n) is 2.25. The molecule has 0 amide bonds. The van der Waals surface area contributed by atoms with E-state index in [2.05, 4.69) is 10.1 Å². The standard InChI is InChI=1S/C8H11N3O2/c12-8(13)7-9-5-10-11(7)4-3-6-1-2-6/h5-6H,1-4H2,(H,12,13). The van der Waals surface area contributed by atoms with E-state index < -0.39 is 5.97 Å². The van der Waals surface area contributed by atoms with E-state index in [4.69, 9.17) is 5.11 Å². The Balaban J connectivity index is 2.00. The number of hydrogen-bond acceptors (Lipinski definition) is 3. The minimum atomic E-state index is -1.01. The van der Waals surface area contributed by atoms with Crippen molar-refractivity contribution in [2.45, 2.75) is 25.8 Å². The fraction of sp³-hybridized carbons (Fsp3) is 0.625. The van der Waals surface area contributed by atoms with Crippen LogP contribution in [0.15, 0.2) is 6.33 Å². The number of rotatable bonds is 4. The lowest BCUT2D eigenvalue weighted by atomic mass is 10.3. The van der Waals surface area contributed by atoms with Gasteiger partial charge in [-0.3, -0.25) is 0 Å². The quantitative estimate of drug-likeness (QED) is 0.745. The second-order valence-electron chi connectivity index (χ2n) is 3.34. The van der Waals surface area contributed by atoms with Gasteiger partial charge in [-0.2, -0.15) is 5.10 Å². The highest BCUT2D eigenvalue weighted by molar-refractivity contribution is 5.83. The number of hydrogen-bond donors (Lipinski definition) is 1. The van der Waals surface area contributed by atoms with Crippen molar-refractivity contribution in [3.05, 3.63) is 12.2 Å². The van der Waals surface area contributed by atoms with Crippen LogP contribution < -0.4 is 0 Å². The van der Waals surface area contributed by atoms with Crippen LogP contribution in [0, 0.1) is 5.92 Å². The predicted molar refractivity (Wildman–Crippen MR) is 44.3 cm³/mol. The molecule has 0 aliphatic heterocycles. The zero-order valence-electron chi connectivity index (χ0n) is 7.18. The second kappa shape index (κ2) is 3.16. The zero-order chi connectivity index (χ0) is 9.26. The molecule has 5 nitrogen and oxygen atoms in total. The smallest absolute Gasteiger partial charge is 0.373 e. The molecule has 1 heterocycles. The minimum absolute atomic E-state index is 0.0423. The lowest BCUT2D eigenvalue weighted by Crippen LogP contribution is -2.11. The van der Waals surface area contributed by atoms with Crippen LogP contribution in [0.3, 0.4) is 0 Å². The van der Waals surface area contributed by atoms with Gasteiger partial charge in [0.05, 0.1) is 0 Å². The van der Waals surface area contributed by atoms with Crippen molar-refractivity contribution in [3.63, 3.8) is 0 Å². The summed E-state index contributed by atoms with van der Waals surface area (Å²) in [4.78, 5) is 14.3. The molecule has 70 valence electrons. The number of nitrogens with zero attached hydrogens (tertiary/aromatic N) is 3. The van der Waals surface area contributed by atoms with E-state index in [0.717, 1.165) is 12.3 Å². The van der Waals surface area contributed by atoms with Gasteiger partial charge in [-0.25, -0.2) is 14.5 Å². The van der Waals surface area contributed by atoms with Crippen molar-refractivity contribution in [1.29, 1.82) is 0 Å². The maximum atomic E-state index is 10.6. The molecule has 0 unspecified atom stereocenters. The van der Waals surface area contributed by atoms with E-state index in [-0.39, 0.29) is 5.82 Å². The number of carboxylic acids is 1. The number of carboxylic acid groups (broad SMARTS) is 1. The fourth-order valence-electron chi connectivity index (χ4n) is 1.30. The summed E-state index contributed by atoms with van der Waals surface area (Å²) in [5.74, 6) is -0.181. The van der Waals surface area contributed by atoms with E-state index in [0.29, 0.717) is 6.54 Å². The molecule has 1 fully saturated rings. The van der Waals surface area contributed by atoms with Gasteiger partial charge in [-0.1, -0.05) is 12.8 Å². The first-order valence-corrected chi connectivity index (χ1v) is 4.38. The summed E-state index contributed by atoms with van der Waals surface area (Å²) in [6, 6.07) is 0. The molecule has 0 spiro atoms. The van der Waals surface area contributed by atoms with Crippen molar-refractivity contribution in [2.75, 3.05) is 0 Å². The first-order chi connectivity index (χ1) is 6.27. The largest absolute Gasteiger partial charge is 0.475 e. The highest BCUT2D eigenvalue weighted by Crippen LogP contribution is 2.32. The first-order valence-electron chi connectivity index (χ1n) is 4.38. The van der Waals surface area contributed by atoms with Gasteiger partial charge in [0.1, 0.15) is 6.33 Å². The van der Waals surface area contributed by atoms with Crippen molar-refractivity contribution in [3.8, 4) is 0 Å². The van der Waals surface area contributed by atoms with Crippen LogP contribution in [0.25, 0.3) is 0 Å². The summed E-state index contributed by atoms with van der Waals surface area (Å²) >= 11 is 0. The van der Waals surface area contributed by atoms with Gasteiger partial charge in [-0.15, -0.1) is 0 Å². The van der Waals surface area contributed by atoms with E-state index >= 15 is 0 Å². The highest BCUT2D eigenvalue weighted by atomic mass is 16.4. The molecule has 0 saturated heterocycles. The van der Waals surface area contributed by atoms with Crippen LogP contribution in [-0.2, 0) is 6.54 Å². The van der Waals surface area contributed by atoms with E-state index in [9.17, 15) is 4.79 Å². The van der Waals surface area contributed by atoms with Gasteiger partial charge in [0.25, 0.3) is 0 Å². The number of aromatic nitrogens is 3. The maximum Gasteiger partial charge on any atom is 0.373 e. The van der Waals surface area contributed by atoms with Gasteiger partial charge in [0, 0.05) is 6.54 Å². The second-order valence-corrected chi connectivity index (χ2v) is 3.34. The monoisotopic (exact) mass is 181 g/mol. The van der Waals surface area contributed by atoms with Crippen molar-refractivity contribution in [1.82, 2.24) is 14.8 Å². The molecule has 5 heteroatoms. The van der Waals surface area contributed by atoms with Gasteiger partial charge >= 0.3 is 5.97 Å². The molecule has 0 radical (unpaired) electrons. The van der Waals surface area contributed by atoms with Crippen LogP contribution in [0.1, 0.15) is 29.9 Å². The van der Waals surface area contributed by atoms with Crippen molar-refractivity contribution in [2.24, 2.45) is 5.92 Å². The Bertz CT molecular complexity index is 317. The fourth-order valence-corrected chi connectivity index (χ4v) is 1.30. The van der Waals surface area contributed by atoms with E-state index in [1.165, 1.54) is 23.9 Å². The Morgan fingerprint density at radius 2 is 2.46 bits per heavy atom. The zero-order valence-corrected chi connectivity index (χ0v) is 7.18. The van der Waals surface area contributed by atoms with Crippen molar-refractivity contribution >= 4 is 5.97 Å². The highest BCUT2D eigenvalue weighted by Gasteiger charge is 2.22. The Hall–Kier alpha value is -1.39. The summed E-state index contributed by atoms with van der Waals surface area (Å²) in [6.07, 6.45) is 4.86. The van der Waals surface area contributed by atoms with Crippen LogP contribution in [0.2, 0.25) is 0 Å². The van der Waals surface area contributed by atoms with Gasteiger partial charge in [0.15, 0.2) is 0 Å². The predicted octanol–water partition coefficient (Wildman–Crippen LogP) is 0.776. The molecule has 1 aliphatic rings. The average Bonchev–Trinajstić information content (AvgIpc) is 2.79. The van der Waals surface area contributed by atoms with Crippen LogP contribution in [0.5, 0.6) is 0 Å². The maximum absolute atomic E-state index is 10.6. The molecule has 1 N–H and O–H groups in total. The van der Waals surface area contributed by atoms with Crippen molar-refractivity contribution < 1.29 is 9.90 Å². The summed E-state index contributed by atoms with van der Waals surface area (Å²) < 4.78 is 1.46. The number of carbonyl (C=O) groups is 1. The topological polar surface area (TPSA) is 68.0 Å². The van der Waals surface area contributed by atoms with Gasteiger partial charge in [-0.05, 0) is 12.3 Å². The normalized spacial score (nSPS) is 16.0. The summed E-state index contributed by atoms with van der Waals surface area (Å²) in [5, 5.41) is 12.6. The lowest BCUT2D eigenvalue weighted by molar-refractivity contribution is 0.0676. The third kappa shape index (κ3) is 1.85. The summed E-state index contributed by atoms with van der Waals surface area (Å²) in [7, 11) is 0. The van der Waals surface area contributed by atoms with Gasteiger partial charge < -0.3 is 5.11 Å². The third-order valence-corrected chi connectivity index (χ3v) is 2.25. The molecule has 1 aromatic heterocycles. The number of aromatic carboxylic acids is 1. The van der Waals surface area contributed by atoms with Crippen LogP contribution in [-0.4, -0.2) is 25.8 Å². The average molecular weight is 181 g/mol. The molecule has 0 atom stereocenters. The SMILES string of the molecule is O=C(O)c1ncnn1CCC1CC1. The Kier molecular flexibility index (Phi) is 2.00. The summed E-state index contributed by atoms with van der Waals surface area (Å²) in [6.45, 7) is 0.673. The molecular formula is C8H11N3O2. The molecule has 2 rings (SSSR count). The molecule has 0 bridgehead atoms. The Morgan fingerprint density at radius 1 is 1.69 bits per heavy atom.